The van der Waals surface area contributed by atoms with Crippen LogP contribution in [0.15, 0.2) is 97.1 Å². The molecule has 0 aromatic heterocycles. The third-order valence-electron chi connectivity index (χ3n) is 39.0. The highest BCUT2D eigenvalue weighted by molar-refractivity contribution is 7.88. The fraction of sp³-hybridized carbons (Fsp3) is 0.574. The molecule has 6 aromatic carbocycles. The van der Waals surface area contributed by atoms with Crippen molar-refractivity contribution in [3.63, 3.8) is 0 Å². The van der Waals surface area contributed by atoms with Crippen LogP contribution in [0.2, 0.25) is 0 Å². The summed E-state index contributed by atoms with van der Waals surface area (Å²) in [6.45, 7) is 28.3. The minimum Gasteiger partial charge on any atom is -0.504 e. The number of likely N-dealkylation sites (tertiary alicyclic amines) is 6. The summed E-state index contributed by atoms with van der Waals surface area (Å²) in [4.78, 5) is 63.0. The SMILES string of the molecule is CN1CC[C@]23CC(=O)CC[C@H]2[C@H]1Cc1ccc(OCN)c(O)c13.CN1CC[C@]23c4c5ccc(OCN)c4OC2C(=O)CC[C@H]3[C@H]1C5.CN1CC[C@]23c4c5ccc(OS(=O)(=O)C(F)(F)F)c4OC2[C@@H](O)C=C[C@H]3[C@H]1C5.[C-]#[N+]c1ccc2c3c1OC1C(=O)CC[C@H]4[C@@H](C2)N(C)CC[C@]314.[C-]#[N+]c1ccc2c3c1OC1[C@@H](O)C=C[C@H]4[C@@H](C2)N(C)CC[C@]314.[C-]#[N+]c1ccc2c3c1OC1[C@@H](O)CC[C@H]4[C@@H](C2)N(C)CC[C@]314. The zero-order chi connectivity index (χ0) is 97.2. The monoisotopic (exact) mass is 1930 g/mol. The number of likely N-dealkylation sites (N-methyl/N-ethyl adjacent to an activating group) is 6. The van der Waals surface area contributed by atoms with E-state index in [1.807, 2.05) is 49.5 Å². The average molecular weight is 1930 g/mol. The van der Waals surface area contributed by atoms with Crippen molar-refractivity contribution in [1.82, 2.24) is 29.4 Å². The number of Topliss-reactive ketones (excluding diaryl/α,β-unsaturated/α-hetero) is 3. The van der Waals surface area contributed by atoms with Crippen molar-refractivity contribution in [1.29, 1.82) is 0 Å². The zero-order valence-electron chi connectivity index (χ0n) is 79.6. The van der Waals surface area contributed by atoms with Gasteiger partial charge >= 0.3 is 15.6 Å². The van der Waals surface area contributed by atoms with Gasteiger partial charge in [0.15, 0.2) is 58.3 Å². The van der Waals surface area contributed by atoms with Gasteiger partial charge in [-0.25, -0.2) is 14.5 Å². The number of hydrogen-bond donors (Lipinski definition) is 6. The van der Waals surface area contributed by atoms with Gasteiger partial charge in [-0.1, -0.05) is 78.9 Å². The number of rotatable bonds is 6. The predicted molar refractivity (Wildman–Crippen MR) is 508 cm³/mol. The number of nitrogens with zero attached hydrogens (tertiary/aromatic N) is 9. The topological polar surface area (TPSA) is 325 Å². The summed E-state index contributed by atoms with van der Waals surface area (Å²) in [6, 6.07) is 25.4. The summed E-state index contributed by atoms with van der Waals surface area (Å²) < 4.78 is 108. The number of phenolic OH excluding ortho intramolecular Hbond substituents is 1. The molecule has 140 heavy (non-hydrogen) atoms. The highest BCUT2D eigenvalue weighted by Crippen LogP contribution is 2.71. The van der Waals surface area contributed by atoms with E-state index < -0.39 is 51.2 Å². The Morgan fingerprint density at radius 2 is 0.779 bits per heavy atom. The summed E-state index contributed by atoms with van der Waals surface area (Å²) in [5.74, 6) is 7.08. The molecule has 4 saturated carbocycles. The van der Waals surface area contributed by atoms with Crippen LogP contribution >= 0.6 is 0 Å². The first-order chi connectivity index (χ1) is 67.3. The Bertz CT molecular complexity index is 6510. The van der Waals surface area contributed by atoms with Crippen molar-refractivity contribution >= 4 is 44.5 Å². The molecule has 5 spiro atoms. The molecular weight excluding hydrogens is 1810 g/mol. The Morgan fingerprint density at radius 3 is 1.27 bits per heavy atom. The summed E-state index contributed by atoms with van der Waals surface area (Å²) in [7, 11) is 7.23. The zero-order valence-corrected chi connectivity index (χ0v) is 80.4. The second-order valence-corrected chi connectivity index (χ2v) is 45.7. The minimum absolute atomic E-state index is 0.00563. The summed E-state index contributed by atoms with van der Waals surface area (Å²) in [6.07, 6.45) is 22.5. The molecule has 0 amide bonds. The number of carbonyl (C=O) groups excluding carboxylic acids is 3. The van der Waals surface area contributed by atoms with Gasteiger partial charge in [0, 0.05) is 123 Å². The standard InChI is InChI=1S/C18H18F3NO5S.C18H22N2O3.C18H24N2O3.C18H20N2O2.2C18H18N2O2/c1-22-7-6-17-10-3-4-12(23)16(17)26-15-13(27-28(24,25)18(19,20)21)5-2-9(14(15)17)8-11(10)22;1-20-7-6-18-11-3-4-13(21)17(18)23-16-14(22-9-19)5-2-10(15(16)18)8-12(11)20;1-20-7-6-18-9-12(21)3-4-13(18)14(20)8-11-2-5-15(23-10-19)17(22)16(11)18;3*1-19-12-5-3-10-9-13-11-4-6-14(21)17-18(11,7-8-20(13)2)15(10)16(12)22-17/h2-5,10-12,16,23H,6-8H2,1H3;2,5,11-12,17H,3-4,6-9,19H2,1H3;2,5,13-14,22H,3-4,6-10,19H2,1H3;3,5,11,13-14,17,21H,4,6-9H2,2H3;3,5,11,13,17H,4,6-9H2,2H3;3-6,11,13-14,17,21H,7-9H2,2H3/t10-,11+,12-,16?,17-;11-,12+,17?,18-;13-,14+,18-;11-,13+,14-,17?,18-;11-,13+,17?,18-;11-,13+,14-,17?,18-/m000000/s1. The van der Waals surface area contributed by atoms with E-state index in [9.17, 15) is 56.4 Å². The average Bonchev–Trinajstić information content (AvgIpc) is 1.52. The first-order valence-electron chi connectivity index (χ1n) is 50.3. The summed E-state index contributed by atoms with van der Waals surface area (Å²) in [5.41, 5.74) is 19.9. The fourth-order valence-corrected chi connectivity index (χ4v) is 33.7. The largest absolute Gasteiger partial charge is 0.534 e. The van der Waals surface area contributed by atoms with Crippen LogP contribution in [0.5, 0.6) is 51.7 Å². The Balaban J connectivity index is 0.0000000913. The molecule has 5 unspecified atom stereocenters. The lowest BCUT2D eigenvalue weighted by Gasteiger charge is -2.58. The number of aliphatic hydroxyl groups is 3. The fourth-order valence-electron chi connectivity index (χ4n) is 33.2. The van der Waals surface area contributed by atoms with Gasteiger partial charge < -0.3 is 87.2 Å². The molecule has 10 fully saturated rings. The van der Waals surface area contributed by atoms with Crippen molar-refractivity contribution in [3.05, 3.63) is 198 Å². The van der Waals surface area contributed by atoms with Crippen molar-refractivity contribution in [2.75, 3.05) is 95.0 Å². The van der Waals surface area contributed by atoms with E-state index in [1.165, 1.54) is 50.6 Å². The molecule has 28 nitrogen and oxygen atoms in total. The quantitative estimate of drug-likeness (QED) is 0.0297. The van der Waals surface area contributed by atoms with Gasteiger partial charge in [0.25, 0.3) is 0 Å². The third-order valence-corrected chi connectivity index (χ3v) is 39.9. The molecule has 8 N–H and O–H groups in total. The van der Waals surface area contributed by atoms with Crippen molar-refractivity contribution < 1.29 is 93.7 Å². The number of ketones is 3. The third kappa shape index (κ3) is 12.7. The van der Waals surface area contributed by atoms with Crippen molar-refractivity contribution in [3.8, 4) is 51.7 Å². The van der Waals surface area contributed by atoms with Crippen LogP contribution in [0.4, 0.5) is 30.2 Å². The van der Waals surface area contributed by atoms with E-state index in [0.717, 1.165) is 175 Å². The summed E-state index contributed by atoms with van der Waals surface area (Å²) >= 11 is 0. The van der Waals surface area contributed by atoms with Crippen LogP contribution in [-0.4, -0.2) is 261 Å². The number of piperidine rings is 6. The number of alkyl halides is 3. The second kappa shape index (κ2) is 32.9. The van der Waals surface area contributed by atoms with Crippen LogP contribution in [0.25, 0.3) is 14.5 Å². The lowest BCUT2D eigenvalue weighted by Crippen LogP contribution is -2.66. The highest BCUT2D eigenvalue weighted by Gasteiger charge is 2.72. The van der Waals surface area contributed by atoms with Crippen LogP contribution < -0.4 is 48.8 Å². The maximum Gasteiger partial charge on any atom is 0.534 e. The molecule has 6 saturated heterocycles. The molecule has 12 aliphatic carbocycles. The number of aliphatic hydroxyl groups excluding tert-OH is 3. The summed E-state index contributed by atoms with van der Waals surface area (Å²) in [5, 5.41) is 42.5. The van der Waals surface area contributed by atoms with Gasteiger partial charge in [0.1, 0.15) is 67.0 Å². The van der Waals surface area contributed by atoms with Gasteiger partial charge in [-0.2, -0.15) is 21.6 Å². The Kier molecular flexibility index (Phi) is 21.7. The molecule has 29 rings (SSSR count). The lowest BCUT2D eigenvalue weighted by atomic mass is 9.51. The molecule has 11 aliphatic heterocycles. The smallest absolute Gasteiger partial charge is 0.504 e. The maximum absolute atomic E-state index is 12.8. The molecule has 26 atom stereocenters. The van der Waals surface area contributed by atoms with Crippen LogP contribution in [0, 0.1) is 55.2 Å². The highest BCUT2D eigenvalue weighted by atomic mass is 32.2. The Morgan fingerprint density at radius 1 is 0.421 bits per heavy atom. The van der Waals surface area contributed by atoms with Gasteiger partial charge in [0.2, 0.25) is 17.1 Å². The molecular formula is C108H120F3N11O17S. The maximum atomic E-state index is 12.8. The number of benzene rings is 6. The Labute approximate surface area is 812 Å². The van der Waals surface area contributed by atoms with Crippen LogP contribution in [0.3, 0.4) is 0 Å². The van der Waals surface area contributed by atoms with E-state index in [2.05, 4.69) is 114 Å². The van der Waals surface area contributed by atoms with E-state index in [0.29, 0.717) is 138 Å². The van der Waals surface area contributed by atoms with Gasteiger partial charge in [-0.3, -0.25) is 25.9 Å². The first kappa shape index (κ1) is 92.2. The van der Waals surface area contributed by atoms with Crippen LogP contribution in [0.1, 0.15) is 163 Å². The van der Waals surface area contributed by atoms with Gasteiger partial charge in [-0.05, 0) is 283 Å². The van der Waals surface area contributed by atoms with Gasteiger partial charge in [0.05, 0.1) is 25.8 Å². The van der Waals surface area contributed by atoms with E-state index in [4.69, 9.17) is 64.3 Å². The number of carbonyl (C=O) groups is 3. The number of aromatic hydroxyl groups is 1. The number of phenols is 1. The van der Waals surface area contributed by atoms with E-state index in [1.54, 1.807) is 18.2 Å². The Hall–Kier alpha value is -10.2. The normalized spacial score (nSPS) is 37.7. The van der Waals surface area contributed by atoms with Crippen molar-refractivity contribution in [2.45, 2.75) is 258 Å². The number of hydrogen-bond acceptors (Lipinski definition) is 25. The first-order valence-corrected chi connectivity index (χ1v) is 51.7. The van der Waals surface area contributed by atoms with Gasteiger partial charge in [-0.15, -0.1) is 0 Å². The van der Waals surface area contributed by atoms with E-state index in [-0.39, 0.29) is 100.0 Å². The molecule has 0 radical (unpaired) electrons. The number of nitrogens with two attached hydrogens (primary N) is 2. The second-order valence-electron chi connectivity index (χ2n) is 44.2. The molecule has 32 heteroatoms. The lowest BCUT2D eigenvalue weighted by molar-refractivity contribution is -0.138. The number of ether oxygens (including phenoxy) is 7. The molecule has 736 valence electrons. The number of fused-ring (bicyclic) bond motifs is 1. The molecule has 23 aliphatic rings. The minimum atomic E-state index is -5.83. The molecule has 6 aromatic rings. The molecule has 12 bridgehead atoms. The predicted octanol–water partition coefficient (Wildman–Crippen LogP) is 11.3. The number of halogens is 3. The van der Waals surface area contributed by atoms with E-state index >= 15 is 0 Å². The van der Waals surface area contributed by atoms with Crippen LogP contribution in [-0.2, 0) is 95.5 Å². The van der Waals surface area contributed by atoms with Crippen molar-refractivity contribution in [2.24, 2.45) is 47.0 Å². The molecule has 11 heterocycles.